The molecule has 0 heterocycles. The Kier molecular flexibility index (Phi) is 13.1. The van der Waals surface area contributed by atoms with Gasteiger partial charge in [0, 0.05) is 5.92 Å². The normalized spacial score (nSPS) is 16.8. The predicted octanol–water partition coefficient (Wildman–Crippen LogP) is 3.51. The second kappa shape index (κ2) is 15.0. The lowest BCUT2D eigenvalue weighted by Crippen LogP contribution is -2.56. The first-order valence-corrected chi connectivity index (χ1v) is 12.1. The average Bonchev–Trinajstić information content (AvgIpc) is 3.29. The van der Waals surface area contributed by atoms with Crippen LogP contribution in [-0.2, 0) is 33.4 Å². The summed E-state index contributed by atoms with van der Waals surface area (Å²) in [6.07, 6.45) is 6.00. The summed E-state index contributed by atoms with van der Waals surface area (Å²) in [4.78, 5) is 51.7. The Morgan fingerprint density at radius 3 is 1.88 bits per heavy atom. The van der Waals surface area contributed by atoms with Gasteiger partial charge in [0.2, 0.25) is 0 Å². The standard InChI is InChI=1S/C24H40O8/c1-4-7-14-30-19(25)17-24(29,23(28)32-16-9-6-3)20(22(27)31-15-8-5-2)21(26)18-12-10-11-13-18/h18,20,29H,4-17H2,1-3H3. The summed E-state index contributed by atoms with van der Waals surface area (Å²) < 4.78 is 15.6. The quantitative estimate of drug-likeness (QED) is 0.162. The second-order valence-corrected chi connectivity index (χ2v) is 8.50. The molecule has 1 aliphatic rings. The Hall–Kier alpha value is -1.96. The highest BCUT2D eigenvalue weighted by Crippen LogP contribution is 2.35. The van der Waals surface area contributed by atoms with Crippen LogP contribution in [0.2, 0.25) is 0 Å². The maximum Gasteiger partial charge on any atom is 0.340 e. The molecule has 1 saturated carbocycles. The van der Waals surface area contributed by atoms with Gasteiger partial charge in [0.05, 0.1) is 26.2 Å². The highest BCUT2D eigenvalue weighted by atomic mass is 16.6. The van der Waals surface area contributed by atoms with Crippen LogP contribution in [0.3, 0.4) is 0 Å². The molecule has 0 aromatic carbocycles. The maximum absolute atomic E-state index is 13.3. The van der Waals surface area contributed by atoms with Gasteiger partial charge in [-0.15, -0.1) is 0 Å². The van der Waals surface area contributed by atoms with Crippen LogP contribution in [0.4, 0.5) is 0 Å². The lowest BCUT2D eigenvalue weighted by molar-refractivity contribution is -0.188. The van der Waals surface area contributed by atoms with Crippen LogP contribution in [0, 0.1) is 11.8 Å². The van der Waals surface area contributed by atoms with E-state index in [4.69, 9.17) is 14.2 Å². The Morgan fingerprint density at radius 1 is 0.844 bits per heavy atom. The molecular formula is C24H40O8. The van der Waals surface area contributed by atoms with E-state index in [1.165, 1.54) is 0 Å². The summed E-state index contributed by atoms with van der Waals surface area (Å²) in [6, 6.07) is 0. The molecule has 8 heteroatoms. The molecule has 2 unspecified atom stereocenters. The van der Waals surface area contributed by atoms with Gasteiger partial charge >= 0.3 is 17.9 Å². The highest BCUT2D eigenvalue weighted by Gasteiger charge is 2.56. The van der Waals surface area contributed by atoms with Crippen molar-refractivity contribution in [3.8, 4) is 0 Å². The van der Waals surface area contributed by atoms with E-state index in [9.17, 15) is 24.3 Å². The number of ketones is 1. The molecule has 1 N–H and O–H groups in total. The number of rotatable bonds is 16. The molecule has 1 fully saturated rings. The summed E-state index contributed by atoms with van der Waals surface area (Å²) >= 11 is 0. The minimum atomic E-state index is -2.67. The van der Waals surface area contributed by atoms with Gasteiger partial charge in [0.15, 0.2) is 17.3 Å². The molecule has 0 aliphatic heterocycles. The largest absolute Gasteiger partial charge is 0.466 e. The minimum Gasteiger partial charge on any atom is -0.466 e. The fraction of sp³-hybridized carbons (Fsp3) is 0.833. The van der Waals surface area contributed by atoms with Crippen molar-refractivity contribution in [2.24, 2.45) is 11.8 Å². The van der Waals surface area contributed by atoms with Crippen molar-refractivity contribution in [3.63, 3.8) is 0 Å². The van der Waals surface area contributed by atoms with Crippen LogP contribution >= 0.6 is 0 Å². The van der Waals surface area contributed by atoms with Crippen LogP contribution in [-0.4, -0.2) is 54.2 Å². The number of Topliss-reactive ketones (excluding diaryl/α,β-unsaturated/α-hetero) is 1. The van der Waals surface area contributed by atoms with E-state index in [2.05, 4.69) is 0 Å². The van der Waals surface area contributed by atoms with Gasteiger partial charge in [-0.25, -0.2) is 4.79 Å². The van der Waals surface area contributed by atoms with Gasteiger partial charge in [0.25, 0.3) is 0 Å². The van der Waals surface area contributed by atoms with Gasteiger partial charge in [-0.1, -0.05) is 52.9 Å². The highest BCUT2D eigenvalue weighted by molar-refractivity contribution is 6.07. The molecule has 0 aromatic heterocycles. The molecule has 2 atom stereocenters. The van der Waals surface area contributed by atoms with E-state index in [0.29, 0.717) is 32.1 Å². The average molecular weight is 457 g/mol. The molecule has 0 spiro atoms. The monoisotopic (exact) mass is 456 g/mol. The molecule has 0 amide bonds. The predicted molar refractivity (Wildman–Crippen MR) is 118 cm³/mol. The Bertz CT molecular complexity index is 611. The molecule has 0 radical (unpaired) electrons. The van der Waals surface area contributed by atoms with E-state index in [-0.39, 0.29) is 19.8 Å². The SMILES string of the molecule is CCCCOC(=O)CC(O)(C(=O)OCCCC)C(C(=O)OCCCC)C(=O)C1CCCC1. The number of hydrogen-bond acceptors (Lipinski definition) is 8. The number of aliphatic hydroxyl groups is 1. The third-order valence-electron chi connectivity index (χ3n) is 5.76. The first-order chi connectivity index (χ1) is 15.3. The molecule has 32 heavy (non-hydrogen) atoms. The van der Waals surface area contributed by atoms with Gasteiger partial charge in [-0.3, -0.25) is 14.4 Å². The molecular weight excluding hydrogens is 416 g/mol. The Morgan fingerprint density at radius 2 is 1.34 bits per heavy atom. The molecule has 0 saturated heterocycles. The number of esters is 3. The number of carbonyl (C=O) groups is 4. The Balaban J connectivity index is 3.22. The molecule has 1 aliphatic carbocycles. The summed E-state index contributed by atoms with van der Waals surface area (Å²) in [5.41, 5.74) is -2.67. The van der Waals surface area contributed by atoms with E-state index in [0.717, 1.165) is 32.1 Å². The van der Waals surface area contributed by atoms with Crippen molar-refractivity contribution in [1.82, 2.24) is 0 Å². The van der Waals surface area contributed by atoms with Crippen LogP contribution in [0.15, 0.2) is 0 Å². The number of ether oxygens (including phenoxy) is 3. The zero-order valence-corrected chi connectivity index (χ0v) is 19.9. The smallest absolute Gasteiger partial charge is 0.340 e. The first kappa shape index (κ1) is 28.1. The van der Waals surface area contributed by atoms with Gasteiger partial charge in [-0.2, -0.15) is 0 Å². The molecule has 0 bridgehead atoms. The van der Waals surface area contributed by atoms with Crippen LogP contribution in [0.1, 0.15) is 91.4 Å². The summed E-state index contributed by atoms with van der Waals surface area (Å²) in [7, 11) is 0. The zero-order chi connectivity index (χ0) is 24.0. The minimum absolute atomic E-state index is 0.0117. The fourth-order valence-electron chi connectivity index (χ4n) is 3.72. The van der Waals surface area contributed by atoms with E-state index >= 15 is 0 Å². The van der Waals surface area contributed by atoms with Crippen molar-refractivity contribution in [2.75, 3.05) is 19.8 Å². The fourth-order valence-corrected chi connectivity index (χ4v) is 3.72. The molecule has 0 aromatic rings. The Labute approximate surface area is 191 Å². The molecule has 1 rings (SSSR count). The van der Waals surface area contributed by atoms with Crippen molar-refractivity contribution in [3.05, 3.63) is 0 Å². The number of hydrogen-bond donors (Lipinski definition) is 1. The molecule has 8 nitrogen and oxygen atoms in total. The van der Waals surface area contributed by atoms with E-state index in [1.807, 2.05) is 20.8 Å². The number of carbonyl (C=O) groups excluding carboxylic acids is 4. The van der Waals surface area contributed by atoms with Gasteiger partial charge in [-0.05, 0) is 32.1 Å². The van der Waals surface area contributed by atoms with Crippen molar-refractivity contribution >= 4 is 23.7 Å². The maximum atomic E-state index is 13.3. The second-order valence-electron chi connectivity index (χ2n) is 8.50. The van der Waals surface area contributed by atoms with E-state index in [1.54, 1.807) is 0 Å². The van der Waals surface area contributed by atoms with Crippen LogP contribution < -0.4 is 0 Å². The van der Waals surface area contributed by atoms with Crippen molar-refractivity contribution < 1.29 is 38.5 Å². The van der Waals surface area contributed by atoms with E-state index < -0.39 is 47.5 Å². The van der Waals surface area contributed by atoms with Gasteiger partial charge < -0.3 is 19.3 Å². The van der Waals surface area contributed by atoms with Gasteiger partial charge in [0.1, 0.15) is 0 Å². The van der Waals surface area contributed by atoms with Crippen molar-refractivity contribution in [2.45, 2.75) is 97.0 Å². The summed E-state index contributed by atoms with van der Waals surface area (Å²) in [5.74, 6) is -5.88. The molecule has 184 valence electrons. The third-order valence-corrected chi connectivity index (χ3v) is 5.76. The van der Waals surface area contributed by atoms with Crippen molar-refractivity contribution in [1.29, 1.82) is 0 Å². The summed E-state index contributed by atoms with van der Waals surface area (Å²) in [5, 5.41) is 11.4. The zero-order valence-electron chi connectivity index (χ0n) is 19.9. The topological polar surface area (TPSA) is 116 Å². The third kappa shape index (κ3) is 8.52. The van der Waals surface area contributed by atoms with Crippen LogP contribution in [0.25, 0.3) is 0 Å². The lowest BCUT2D eigenvalue weighted by Gasteiger charge is -2.32. The number of unbranched alkanes of at least 4 members (excludes halogenated alkanes) is 3. The van der Waals surface area contributed by atoms with Crippen LogP contribution in [0.5, 0.6) is 0 Å². The summed E-state index contributed by atoms with van der Waals surface area (Å²) in [6.45, 7) is 5.95. The first-order valence-electron chi connectivity index (χ1n) is 12.1. The lowest BCUT2D eigenvalue weighted by atomic mass is 9.77.